The van der Waals surface area contributed by atoms with Gasteiger partial charge in [0, 0.05) is 17.0 Å². The third-order valence-corrected chi connectivity index (χ3v) is 9.33. The molecule has 0 radical (unpaired) electrons. The summed E-state index contributed by atoms with van der Waals surface area (Å²) in [6, 6.07) is 17.0. The highest BCUT2D eigenvalue weighted by molar-refractivity contribution is 7.92. The van der Waals surface area contributed by atoms with E-state index in [0.717, 1.165) is 4.88 Å². The zero-order valence-corrected chi connectivity index (χ0v) is 20.0. The molecule has 1 aromatic heterocycles. The third kappa shape index (κ3) is 4.43. The Morgan fingerprint density at radius 1 is 1.06 bits per heavy atom. The molecule has 0 amide bonds. The second-order valence-corrected chi connectivity index (χ2v) is 12.2. The fraction of sp³-hybridized carbons (Fsp3) is 0.227. The molecule has 0 bridgehead atoms. The maximum atomic E-state index is 13.6. The minimum atomic E-state index is -3.89. The maximum Gasteiger partial charge on any atom is 0.279 e. The Bertz CT molecular complexity index is 1360. The number of nitrogens with zero attached hydrogens (tertiary/aromatic N) is 2. The largest absolute Gasteiger partial charge is 0.284 e. The molecule has 1 atom stereocenters. The fourth-order valence-corrected chi connectivity index (χ4v) is 6.70. The van der Waals surface area contributed by atoms with E-state index >= 15 is 0 Å². The van der Waals surface area contributed by atoms with Crippen LogP contribution in [0.5, 0.6) is 0 Å². The average molecular weight is 490 g/mol. The fourth-order valence-electron chi connectivity index (χ4n) is 3.54. The van der Waals surface area contributed by atoms with Crippen molar-refractivity contribution in [2.45, 2.75) is 31.2 Å². The Balaban J connectivity index is 1.76. The van der Waals surface area contributed by atoms with Crippen molar-refractivity contribution in [3.8, 4) is 0 Å². The number of nitrogens with one attached hydrogen (secondary N) is 1. The molecular weight excluding hydrogens is 466 g/mol. The van der Waals surface area contributed by atoms with Crippen molar-refractivity contribution in [2.75, 3.05) is 10.5 Å². The summed E-state index contributed by atoms with van der Waals surface area (Å²) in [5, 5.41) is 6.44. The van der Waals surface area contributed by atoms with Gasteiger partial charge in [-0.1, -0.05) is 36.4 Å². The van der Waals surface area contributed by atoms with E-state index in [2.05, 4.69) is 9.82 Å². The van der Waals surface area contributed by atoms with Crippen LogP contribution in [0, 0.1) is 6.92 Å². The Kier molecular flexibility index (Phi) is 6.11. The van der Waals surface area contributed by atoms with Crippen LogP contribution in [0.1, 0.15) is 35.4 Å². The van der Waals surface area contributed by atoms with Gasteiger partial charge in [-0.3, -0.25) is 4.72 Å². The molecule has 0 unspecified atom stereocenters. The number of aryl methyl sites for hydroxylation is 1. The molecule has 32 heavy (non-hydrogen) atoms. The first kappa shape index (κ1) is 22.5. The molecule has 3 aromatic rings. The molecule has 0 aliphatic carbocycles. The van der Waals surface area contributed by atoms with Crippen LogP contribution in [-0.2, 0) is 20.0 Å². The second kappa shape index (κ2) is 8.68. The molecular formula is C22H23N3O4S3. The topological polar surface area (TPSA) is 95.9 Å². The van der Waals surface area contributed by atoms with E-state index in [1.165, 1.54) is 15.8 Å². The monoisotopic (exact) mass is 489 g/mol. The number of anilines is 1. The van der Waals surface area contributed by atoms with Gasteiger partial charge in [-0.05, 0) is 54.6 Å². The highest BCUT2D eigenvalue weighted by Crippen LogP contribution is 2.39. The van der Waals surface area contributed by atoms with Gasteiger partial charge in [-0.15, -0.1) is 11.3 Å². The normalized spacial score (nSPS) is 16.8. The number of thiophene rings is 1. The van der Waals surface area contributed by atoms with Gasteiger partial charge >= 0.3 is 0 Å². The van der Waals surface area contributed by atoms with Gasteiger partial charge in [0.05, 0.1) is 16.4 Å². The van der Waals surface area contributed by atoms with Crippen LogP contribution in [0.4, 0.5) is 5.69 Å². The van der Waals surface area contributed by atoms with Crippen molar-refractivity contribution in [3.63, 3.8) is 0 Å². The van der Waals surface area contributed by atoms with Crippen molar-refractivity contribution in [2.24, 2.45) is 5.10 Å². The Morgan fingerprint density at radius 3 is 2.53 bits per heavy atom. The average Bonchev–Trinajstić information content (AvgIpc) is 3.44. The summed E-state index contributed by atoms with van der Waals surface area (Å²) in [5.74, 6) is -0.0406. The first-order chi connectivity index (χ1) is 15.2. The molecule has 2 aromatic carbocycles. The molecule has 1 N–H and O–H groups in total. The summed E-state index contributed by atoms with van der Waals surface area (Å²) in [6.07, 6.45) is 0.385. The SMILES string of the molecule is CCS(=O)(=O)Nc1cccc(C2=NN(S(=O)(=O)c3ccccc3C)[C@H](c3cccs3)C2)c1. The highest BCUT2D eigenvalue weighted by Gasteiger charge is 2.38. The second-order valence-electron chi connectivity index (χ2n) is 7.41. The predicted molar refractivity (Wildman–Crippen MR) is 128 cm³/mol. The summed E-state index contributed by atoms with van der Waals surface area (Å²) >= 11 is 1.48. The van der Waals surface area contributed by atoms with Crippen LogP contribution < -0.4 is 4.72 Å². The minimum Gasteiger partial charge on any atom is -0.284 e. The molecule has 0 spiro atoms. The van der Waals surface area contributed by atoms with Crippen LogP contribution in [0.3, 0.4) is 0 Å². The molecule has 168 valence electrons. The molecule has 1 aliphatic heterocycles. The van der Waals surface area contributed by atoms with Crippen molar-refractivity contribution in [3.05, 3.63) is 82.0 Å². The summed E-state index contributed by atoms with van der Waals surface area (Å²) < 4.78 is 54.8. The van der Waals surface area contributed by atoms with E-state index in [0.29, 0.717) is 28.9 Å². The van der Waals surface area contributed by atoms with Crippen molar-refractivity contribution in [1.29, 1.82) is 0 Å². The van der Waals surface area contributed by atoms with Crippen LogP contribution in [0.15, 0.2) is 76.0 Å². The smallest absolute Gasteiger partial charge is 0.279 e. The Hall–Kier alpha value is -2.69. The van der Waals surface area contributed by atoms with Gasteiger partial charge in [0.15, 0.2) is 0 Å². The molecule has 1 aliphatic rings. The number of sulfonamides is 2. The number of hydrogen-bond acceptors (Lipinski definition) is 6. The molecule has 7 nitrogen and oxygen atoms in total. The quantitative estimate of drug-likeness (QED) is 0.533. The minimum absolute atomic E-state index is 0.0406. The molecule has 0 saturated carbocycles. The van der Waals surface area contributed by atoms with Crippen molar-refractivity contribution in [1.82, 2.24) is 4.41 Å². The van der Waals surface area contributed by atoms with E-state index < -0.39 is 26.1 Å². The summed E-state index contributed by atoms with van der Waals surface area (Å²) in [6.45, 7) is 3.32. The third-order valence-electron chi connectivity index (χ3n) is 5.21. The lowest BCUT2D eigenvalue weighted by Crippen LogP contribution is -2.27. The van der Waals surface area contributed by atoms with Gasteiger partial charge in [-0.25, -0.2) is 8.42 Å². The zero-order valence-electron chi connectivity index (χ0n) is 17.6. The van der Waals surface area contributed by atoms with Crippen LogP contribution in [0.25, 0.3) is 0 Å². The maximum absolute atomic E-state index is 13.6. The summed E-state index contributed by atoms with van der Waals surface area (Å²) in [7, 11) is -7.32. The summed E-state index contributed by atoms with van der Waals surface area (Å²) in [4.78, 5) is 1.11. The number of hydrazone groups is 1. The van der Waals surface area contributed by atoms with E-state index in [1.54, 1.807) is 62.4 Å². The Labute approximate surface area is 192 Å². The van der Waals surface area contributed by atoms with Crippen LogP contribution >= 0.6 is 11.3 Å². The number of benzene rings is 2. The highest BCUT2D eigenvalue weighted by atomic mass is 32.2. The molecule has 0 saturated heterocycles. The Morgan fingerprint density at radius 2 is 1.84 bits per heavy atom. The molecule has 0 fully saturated rings. The van der Waals surface area contributed by atoms with Gasteiger partial charge in [-0.2, -0.15) is 17.9 Å². The van der Waals surface area contributed by atoms with E-state index in [4.69, 9.17) is 0 Å². The van der Waals surface area contributed by atoms with Gasteiger partial charge < -0.3 is 0 Å². The predicted octanol–water partition coefficient (Wildman–Crippen LogP) is 4.36. The van der Waals surface area contributed by atoms with E-state index in [9.17, 15) is 16.8 Å². The standard InChI is InChI=1S/C22H23N3O4S3/c1-3-31(26,27)24-18-10-6-9-17(14-18)19-15-20(21-11-7-13-30-21)25(23-19)32(28,29)22-12-5-4-8-16(22)2/h4-14,20,24H,3,15H2,1-2H3/t20-/m0/s1. The lowest BCUT2D eigenvalue weighted by atomic mass is 10.0. The van der Waals surface area contributed by atoms with Crippen molar-refractivity contribution < 1.29 is 16.8 Å². The van der Waals surface area contributed by atoms with E-state index in [-0.39, 0.29) is 10.6 Å². The lowest BCUT2D eigenvalue weighted by molar-refractivity contribution is 0.375. The van der Waals surface area contributed by atoms with Crippen LogP contribution in [0.2, 0.25) is 0 Å². The first-order valence-corrected chi connectivity index (χ1v) is 14.0. The zero-order chi connectivity index (χ0) is 22.9. The van der Waals surface area contributed by atoms with Gasteiger partial charge in [0.25, 0.3) is 10.0 Å². The lowest BCUT2D eigenvalue weighted by Gasteiger charge is -2.23. The molecule has 2 heterocycles. The van der Waals surface area contributed by atoms with Gasteiger partial charge in [0.2, 0.25) is 10.0 Å². The van der Waals surface area contributed by atoms with E-state index in [1.807, 2.05) is 17.5 Å². The summed E-state index contributed by atoms with van der Waals surface area (Å²) in [5.41, 5.74) is 2.32. The number of hydrogen-bond donors (Lipinski definition) is 1. The first-order valence-electron chi connectivity index (χ1n) is 10.0. The van der Waals surface area contributed by atoms with Crippen molar-refractivity contribution >= 4 is 42.8 Å². The number of rotatable bonds is 7. The van der Waals surface area contributed by atoms with Gasteiger partial charge in [0.1, 0.15) is 6.04 Å². The molecule has 10 heteroatoms. The van der Waals surface area contributed by atoms with Crippen LogP contribution in [-0.4, -0.2) is 32.7 Å². The molecule has 4 rings (SSSR count).